The number of carbonyl (C=O) groups is 1. The van der Waals surface area contributed by atoms with E-state index in [2.05, 4.69) is 20.1 Å². The van der Waals surface area contributed by atoms with E-state index in [9.17, 15) is 35.5 Å². The molecule has 39 heavy (non-hydrogen) atoms. The lowest BCUT2D eigenvalue weighted by Gasteiger charge is -2.26. The molecule has 0 aliphatic heterocycles. The molecule has 0 heterocycles. The second-order valence-corrected chi connectivity index (χ2v) is 8.37. The van der Waals surface area contributed by atoms with Gasteiger partial charge in [0.1, 0.15) is 6.04 Å². The fourth-order valence-electron chi connectivity index (χ4n) is 3.95. The normalized spacial score (nSPS) is 13.3. The number of nitrogens with one attached hydrogen (secondary N) is 2. The van der Waals surface area contributed by atoms with Gasteiger partial charge < -0.3 is 14.8 Å². The first-order valence-corrected chi connectivity index (χ1v) is 11.7. The average Bonchev–Trinajstić information content (AvgIpc) is 2.89. The molecule has 3 aromatic carbocycles. The van der Waals surface area contributed by atoms with Crippen LogP contribution in [0.5, 0.6) is 11.5 Å². The first-order chi connectivity index (χ1) is 18.5. The highest BCUT2D eigenvalue weighted by atomic mass is 19.4. The number of carbonyl (C=O) groups excluding carboxylic acids is 1. The SMILES string of the molecule is CNC(=O)[C@@H](N[C@H](CCc1ccc(C(F)(F)F)cc1)c1ccc(OC(F)F)c(OC(F)F)c1)c1ccccc1. The van der Waals surface area contributed by atoms with Crippen LogP contribution in [0.3, 0.4) is 0 Å². The Morgan fingerprint density at radius 1 is 0.821 bits per heavy atom. The number of hydrogen-bond acceptors (Lipinski definition) is 4. The summed E-state index contributed by atoms with van der Waals surface area (Å²) in [5, 5.41) is 5.71. The lowest BCUT2D eigenvalue weighted by Crippen LogP contribution is -2.38. The standard InChI is InChI=1S/C27H25F7N2O3/c1-35-24(37)23(17-5-3-2-4-6-17)36-20(13-9-16-7-11-19(12-8-16)27(32,33)34)18-10-14-21(38-25(28)29)22(15-18)39-26(30)31/h2-8,10-12,14-15,20,23,25-26,36H,9,13H2,1H3,(H,35,37)/t20-,23+/m1/s1. The van der Waals surface area contributed by atoms with E-state index in [-0.39, 0.29) is 12.8 Å². The van der Waals surface area contributed by atoms with Crippen LogP contribution in [0.15, 0.2) is 72.8 Å². The van der Waals surface area contributed by atoms with E-state index in [1.165, 1.54) is 25.2 Å². The quantitative estimate of drug-likeness (QED) is 0.244. The van der Waals surface area contributed by atoms with Gasteiger partial charge in [-0.25, -0.2) is 0 Å². The third-order valence-corrected chi connectivity index (χ3v) is 5.81. The van der Waals surface area contributed by atoms with Crippen molar-refractivity contribution in [3.8, 4) is 11.5 Å². The van der Waals surface area contributed by atoms with Crippen molar-refractivity contribution in [3.63, 3.8) is 0 Å². The van der Waals surface area contributed by atoms with Crippen LogP contribution in [0.4, 0.5) is 30.7 Å². The number of halogens is 7. The highest BCUT2D eigenvalue weighted by Gasteiger charge is 2.30. The zero-order valence-corrected chi connectivity index (χ0v) is 20.5. The van der Waals surface area contributed by atoms with Crippen LogP contribution in [0.25, 0.3) is 0 Å². The minimum absolute atomic E-state index is 0.189. The first-order valence-electron chi connectivity index (χ1n) is 11.7. The van der Waals surface area contributed by atoms with Crippen LogP contribution < -0.4 is 20.1 Å². The van der Waals surface area contributed by atoms with Gasteiger partial charge in [-0.2, -0.15) is 30.7 Å². The fourth-order valence-corrected chi connectivity index (χ4v) is 3.95. The Morgan fingerprint density at radius 3 is 2.00 bits per heavy atom. The molecule has 3 rings (SSSR count). The van der Waals surface area contributed by atoms with Gasteiger partial charge in [0.25, 0.3) is 0 Å². The van der Waals surface area contributed by atoms with Crippen LogP contribution in [0.1, 0.15) is 40.8 Å². The summed E-state index contributed by atoms with van der Waals surface area (Å²) in [6.07, 6.45) is -4.08. The fraction of sp³-hybridized carbons (Fsp3) is 0.296. The molecule has 2 atom stereocenters. The Kier molecular flexibility index (Phi) is 10.2. The van der Waals surface area contributed by atoms with Crippen molar-refractivity contribution in [2.45, 2.75) is 44.3 Å². The van der Waals surface area contributed by atoms with Crippen molar-refractivity contribution in [1.82, 2.24) is 10.6 Å². The van der Waals surface area contributed by atoms with Crippen LogP contribution in [-0.2, 0) is 17.4 Å². The largest absolute Gasteiger partial charge is 0.431 e. The maximum absolute atomic E-state index is 13.0. The minimum atomic E-state index is -4.50. The molecular weight excluding hydrogens is 533 g/mol. The molecule has 0 fully saturated rings. The maximum Gasteiger partial charge on any atom is 0.416 e. The van der Waals surface area contributed by atoms with Gasteiger partial charge in [0, 0.05) is 13.1 Å². The maximum atomic E-state index is 13.0. The van der Waals surface area contributed by atoms with Crippen molar-refractivity contribution in [3.05, 3.63) is 95.1 Å². The van der Waals surface area contributed by atoms with Crippen molar-refractivity contribution in [1.29, 1.82) is 0 Å². The van der Waals surface area contributed by atoms with Gasteiger partial charge in [-0.05, 0) is 53.8 Å². The van der Waals surface area contributed by atoms with E-state index in [0.29, 0.717) is 16.7 Å². The molecule has 0 unspecified atom stereocenters. The number of likely N-dealkylation sites (N-methyl/N-ethyl adjacent to an activating group) is 1. The van der Waals surface area contributed by atoms with Gasteiger partial charge in [-0.3, -0.25) is 10.1 Å². The Morgan fingerprint density at radius 2 is 1.44 bits per heavy atom. The molecule has 0 aliphatic carbocycles. The van der Waals surface area contributed by atoms with Crippen LogP contribution in [0.2, 0.25) is 0 Å². The molecule has 3 aromatic rings. The molecule has 12 heteroatoms. The van der Waals surface area contributed by atoms with Crippen LogP contribution in [-0.4, -0.2) is 26.2 Å². The smallest absolute Gasteiger partial charge is 0.416 e. The number of rotatable bonds is 12. The van der Waals surface area contributed by atoms with Gasteiger partial charge in [-0.1, -0.05) is 48.5 Å². The van der Waals surface area contributed by atoms with Gasteiger partial charge in [-0.15, -0.1) is 0 Å². The van der Waals surface area contributed by atoms with Crippen molar-refractivity contribution >= 4 is 5.91 Å². The number of alkyl halides is 7. The minimum Gasteiger partial charge on any atom is -0.431 e. The Hall–Kier alpha value is -3.80. The highest BCUT2D eigenvalue weighted by Crippen LogP contribution is 2.35. The Labute approximate surface area is 219 Å². The van der Waals surface area contributed by atoms with E-state index < -0.39 is 54.5 Å². The monoisotopic (exact) mass is 558 g/mol. The summed E-state index contributed by atoms with van der Waals surface area (Å²) < 4.78 is 99.2. The second-order valence-electron chi connectivity index (χ2n) is 8.37. The van der Waals surface area contributed by atoms with Gasteiger partial charge in [0.05, 0.1) is 5.56 Å². The summed E-state index contributed by atoms with van der Waals surface area (Å²) in [7, 11) is 1.43. The molecule has 0 saturated carbocycles. The van der Waals surface area contributed by atoms with E-state index >= 15 is 0 Å². The third kappa shape index (κ3) is 8.60. The molecule has 2 N–H and O–H groups in total. The van der Waals surface area contributed by atoms with E-state index in [1.54, 1.807) is 30.3 Å². The average molecular weight is 558 g/mol. The molecule has 5 nitrogen and oxygen atoms in total. The molecule has 210 valence electrons. The summed E-state index contributed by atoms with van der Waals surface area (Å²) in [6.45, 7) is -6.62. The molecule has 0 aromatic heterocycles. The van der Waals surface area contributed by atoms with Crippen molar-refractivity contribution in [2.75, 3.05) is 7.05 Å². The summed E-state index contributed by atoms with van der Waals surface area (Å²) >= 11 is 0. The second kappa shape index (κ2) is 13.3. The predicted octanol–water partition coefficient (Wildman–Crippen LogP) is 6.66. The molecule has 1 amide bonds. The summed E-state index contributed by atoms with van der Waals surface area (Å²) in [4.78, 5) is 12.8. The van der Waals surface area contributed by atoms with Crippen LogP contribution in [0, 0.1) is 0 Å². The molecule has 0 aliphatic rings. The topological polar surface area (TPSA) is 59.6 Å². The number of aryl methyl sites for hydroxylation is 1. The van der Waals surface area contributed by atoms with Crippen molar-refractivity contribution in [2.24, 2.45) is 0 Å². The Bertz CT molecular complexity index is 1210. The zero-order chi connectivity index (χ0) is 28.6. The highest BCUT2D eigenvalue weighted by molar-refractivity contribution is 5.83. The van der Waals surface area contributed by atoms with Gasteiger partial charge in [0.15, 0.2) is 11.5 Å². The number of ether oxygens (including phenoxy) is 2. The first kappa shape index (κ1) is 29.8. The molecule has 0 saturated heterocycles. The Balaban J connectivity index is 1.97. The zero-order valence-electron chi connectivity index (χ0n) is 20.5. The third-order valence-electron chi connectivity index (χ3n) is 5.81. The van der Waals surface area contributed by atoms with Crippen molar-refractivity contribution < 1.29 is 45.0 Å². The summed E-state index contributed by atoms with van der Waals surface area (Å²) in [5.74, 6) is -1.66. The lowest BCUT2D eigenvalue weighted by atomic mass is 9.95. The lowest BCUT2D eigenvalue weighted by molar-refractivity contribution is -0.137. The summed E-state index contributed by atoms with van der Waals surface area (Å²) in [5.41, 5.74) is 0.614. The number of amides is 1. The molecule has 0 spiro atoms. The van der Waals surface area contributed by atoms with E-state index in [1.807, 2.05) is 0 Å². The van der Waals surface area contributed by atoms with E-state index in [4.69, 9.17) is 0 Å². The number of benzene rings is 3. The number of hydrogen-bond donors (Lipinski definition) is 2. The summed E-state index contributed by atoms with van der Waals surface area (Å²) in [6, 6.07) is 14.9. The van der Waals surface area contributed by atoms with E-state index in [0.717, 1.165) is 24.3 Å². The van der Waals surface area contributed by atoms with Gasteiger partial charge in [0.2, 0.25) is 5.91 Å². The van der Waals surface area contributed by atoms with Gasteiger partial charge >= 0.3 is 19.4 Å². The molecular formula is C27H25F7N2O3. The molecule has 0 bridgehead atoms. The predicted molar refractivity (Wildman–Crippen MR) is 129 cm³/mol. The van der Waals surface area contributed by atoms with Crippen LogP contribution >= 0.6 is 0 Å². The molecule has 0 radical (unpaired) electrons.